The van der Waals surface area contributed by atoms with Crippen LogP contribution < -0.4 is 4.90 Å². The topological polar surface area (TPSA) is 40.6 Å². The second kappa shape index (κ2) is 7.31. The minimum Gasteiger partial charge on any atom is -0.369 e. The molecule has 0 aromatic heterocycles. The van der Waals surface area contributed by atoms with E-state index in [0.29, 0.717) is 24.7 Å². The number of anilines is 1. The van der Waals surface area contributed by atoms with E-state index in [-0.39, 0.29) is 9.92 Å². The Balaban J connectivity index is 1.81. The second-order valence-corrected chi connectivity index (χ2v) is 8.35. The Hall–Kier alpha value is -1.27. The molecule has 0 N–H and O–H groups in total. The maximum Gasteiger partial charge on any atom is 0.244 e. The predicted molar refractivity (Wildman–Crippen MR) is 98.5 cm³/mol. The molecule has 7 heteroatoms. The summed E-state index contributed by atoms with van der Waals surface area (Å²) in [4.78, 5) is 2.29. The minimum absolute atomic E-state index is 0.165. The predicted octanol–water partition coefficient (Wildman–Crippen LogP) is 3.89. The van der Waals surface area contributed by atoms with Crippen LogP contribution in [-0.4, -0.2) is 38.9 Å². The summed E-state index contributed by atoms with van der Waals surface area (Å²) in [5.74, 6) is 0. The molecule has 1 aliphatic heterocycles. The van der Waals surface area contributed by atoms with Gasteiger partial charge in [0.05, 0.1) is 15.7 Å². The molecule has 128 valence electrons. The summed E-state index contributed by atoms with van der Waals surface area (Å²) in [6.07, 6.45) is 0.731. The van der Waals surface area contributed by atoms with Crippen molar-refractivity contribution in [1.29, 1.82) is 0 Å². The monoisotopic (exact) mass is 384 g/mol. The zero-order valence-electron chi connectivity index (χ0n) is 13.0. The van der Waals surface area contributed by atoms with Crippen molar-refractivity contribution in [3.05, 3.63) is 58.6 Å². The molecule has 0 bridgehead atoms. The molecule has 0 saturated carbocycles. The first kappa shape index (κ1) is 17.5. The average molecular weight is 385 g/mol. The molecule has 1 heterocycles. The molecule has 0 spiro atoms. The van der Waals surface area contributed by atoms with E-state index >= 15 is 0 Å². The molecule has 1 aliphatic rings. The summed E-state index contributed by atoms with van der Waals surface area (Å²) in [6.45, 7) is 2.22. The van der Waals surface area contributed by atoms with E-state index in [0.717, 1.165) is 18.7 Å². The number of nitrogens with zero attached hydrogens (tertiary/aromatic N) is 2. The fourth-order valence-electron chi connectivity index (χ4n) is 2.88. The van der Waals surface area contributed by atoms with Gasteiger partial charge in [-0.3, -0.25) is 0 Å². The van der Waals surface area contributed by atoms with Gasteiger partial charge >= 0.3 is 0 Å². The van der Waals surface area contributed by atoms with Crippen LogP contribution in [0.3, 0.4) is 0 Å². The molecule has 0 unspecified atom stereocenters. The molecule has 24 heavy (non-hydrogen) atoms. The number of para-hydroxylation sites is 1. The first-order valence-corrected chi connectivity index (χ1v) is 9.94. The van der Waals surface area contributed by atoms with Gasteiger partial charge in [0.2, 0.25) is 10.0 Å². The average Bonchev–Trinajstić information content (AvgIpc) is 2.82. The summed E-state index contributed by atoms with van der Waals surface area (Å²) < 4.78 is 27.2. The van der Waals surface area contributed by atoms with Crippen LogP contribution in [0.2, 0.25) is 10.0 Å². The number of halogens is 2. The Morgan fingerprint density at radius 1 is 0.792 bits per heavy atom. The van der Waals surface area contributed by atoms with E-state index in [1.165, 1.54) is 4.31 Å². The van der Waals surface area contributed by atoms with Crippen LogP contribution in [0.5, 0.6) is 0 Å². The highest BCUT2D eigenvalue weighted by Gasteiger charge is 2.28. The lowest BCUT2D eigenvalue weighted by molar-refractivity contribution is 0.433. The summed E-state index contributed by atoms with van der Waals surface area (Å²) in [5, 5.41) is 0.935. The molecule has 3 rings (SSSR count). The van der Waals surface area contributed by atoms with Crippen LogP contribution in [-0.2, 0) is 10.0 Å². The molecule has 1 fully saturated rings. The molecule has 4 nitrogen and oxygen atoms in total. The highest BCUT2D eigenvalue weighted by Crippen LogP contribution is 2.28. The quantitative estimate of drug-likeness (QED) is 0.805. The van der Waals surface area contributed by atoms with Gasteiger partial charge in [0.25, 0.3) is 0 Å². The molecule has 2 aromatic rings. The maximum absolute atomic E-state index is 12.9. The van der Waals surface area contributed by atoms with Crippen molar-refractivity contribution < 1.29 is 8.42 Å². The van der Waals surface area contributed by atoms with Gasteiger partial charge in [0.1, 0.15) is 4.90 Å². The number of hydrogen-bond donors (Lipinski definition) is 0. The SMILES string of the molecule is O=S(=O)(c1ccccc1Cl)N1CCCN(c2ccccc2Cl)CC1. The van der Waals surface area contributed by atoms with Gasteiger partial charge in [0.15, 0.2) is 0 Å². The standard InChI is InChI=1S/C17H18Cl2N2O2S/c18-14-6-1-3-8-16(14)20-10-5-11-21(13-12-20)24(22,23)17-9-4-2-7-15(17)19/h1-4,6-9H,5,10-13H2. The van der Waals surface area contributed by atoms with Crippen molar-refractivity contribution in [2.24, 2.45) is 0 Å². The number of hydrogen-bond acceptors (Lipinski definition) is 3. The molecule has 0 atom stereocenters. The molecule has 1 saturated heterocycles. The summed E-state index contributed by atoms with van der Waals surface area (Å²) in [6, 6.07) is 14.2. The van der Waals surface area contributed by atoms with Crippen molar-refractivity contribution in [2.45, 2.75) is 11.3 Å². The second-order valence-electron chi connectivity index (χ2n) is 5.63. The first-order valence-electron chi connectivity index (χ1n) is 7.74. The molecular weight excluding hydrogens is 367 g/mol. The molecule has 2 aromatic carbocycles. The van der Waals surface area contributed by atoms with Crippen molar-refractivity contribution in [1.82, 2.24) is 4.31 Å². The van der Waals surface area contributed by atoms with Crippen LogP contribution >= 0.6 is 23.2 Å². The van der Waals surface area contributed by atoms with Crippen LogP contribution in [0.4, 0.5) is 5.69 Å². The van der Waals surface area contributed by atoms with Crippen molar-refractivity contribution in [3.8, 4) is 0 Å². The third-order valence-corrected chi connectivity index (χ3v) is 6.82. The maximum atomic E-state index is 12.9. The van der Waals surface area contributed by atoms with Crippen molar-refractivity contribution in [2.75, 3.05) is 31.1 Å². The van der Waals surface area contributed by atoms with E-state index < -0.39 is 10.0 Å². The first-order chi connectivity index (χ1) is 11.5. The zero-order chi connectivity index (χ0) is 17.2. The van der Waals surface area contributed by atoms with Gasteiger partial charge < -0.3 is 4.90 Å². The number of benzene rings is 2. The largest absolute Gasteiger partial charge is 0.369 e. The lowest BCUT2D eigenvalue weighted by atomic mass is 10.2. The summed E-state index contributed by atoms with van der Waals surface area (Å²) in [7, 11) is -3.59. The van der Waals surface area contributed by atoms with Crippen LogP contribution in [0.25, 0.3) is 0 Å². The fraction of sp³-hybridized carbons (Fsp3) is 0.294. The third-order valence-electron chi connectivity index (χ3n) is 4.10. The van der Waals surface area contributed by atoms with Crippen LogP contribution in [0, 0.1) is 0 Å². The van der Waals surface area contributed by atoms with Crippen LogP contribution in [0.15, 0.2) is 53.4 Å². The zero-order valence-corrected chi connectivity index (χ0v) is 15.4. The van der Waals surface area contributed by atoms with E-state index in [4.69, 9.17) is 23.2 Å². The smallest absolute Gasteiger partial charge is 0.244 e. The summed E-state index contributed by atoms with van der Waals surface area (Å²) >= 11 is 12.3. The lowest BCUT2D eigenvalue weighted by Crippen LogP contribution is -2.35. The Morgan fingerprint density at radius 2 is 1.46 bits per heavy atom. The molecular formula is C17H18Cl2N2O2S. The highest BCUT2D eigenvalue weighted by molar-refractivity contribution is 7.89. The molecule has 0 amide bonds. The van der Waals surface area contributed by atoms with E-state index in [1.807, 2.05) is 24.3 Å². The van der Waals surface area contributed by atoms with Crippen LogP contribution in [0.1, 0.15) is 6.42 Å². The Kier molecular flexibility index (Phi) is 5.35. The van der Waals surface area contributed by atoms with Gasteiger partial charge in [-0.2, -0.15) is 4.31 Å². The van der Waals surface area contributed by atoms with Gasteiger partial charge in [-0.25, -0.2) is 8.42 Å². The van der Waals surface area contributed by atoms with Gasteiger partial charge in [0, 0.05) is 26.2 Å². The Morgan fingerprint density at radius 3 is 2.17 bits per heavy atom. The molecule has 0 radical (unpaired) electrons. The van der Waals surface area contributed by atoms with Gasteiger partial charge in [-0.05, 0) is 30.7 Å². The normalized spacial score (nSPS) is 16.8. The number of sulfonamides is 1. The Bertz CT molecular complexity index is 827. The number of rotatable bonds is 3. The van der Waals surface area contributed by atoms with E-state index in [9.17, 15) is 8.42 Å². The summed E-state index contributed by atoms with van der Waals surface area (Å²) in [5.41, 5.74) is 0.941. The molecule has 0 aliphatic carbocycles. The highest BCUT2D eigenvalue weighted by atomic mass is 35.5. The lowest BCUT2D eigenvalue weighted by Gasteiger charge is -2.24. The van der Waals surface area contributed by atoms with Gasteiger partial charge in [-0.1, -0.05) is 47.5 Å². The minimum atomic E-state index is -3.59. The van der Waals surface area contributed by atoms with Gasteiger partial charge in [-0.15, -0.1) is 0 Å². The van der Waals surface area contributed by atoms with E-state index in [2.05, 4.69) is 4.90 Å². The Labute approximate surface area is 152 Å². The fourth-order valence-corrected chi connectivity index (χ4v) is 5.09. The van der Waals surface area contributed by atoms with Crippen molar-refractivity contribution >= 4 is 38.9 Å². The third kappa shape index (κ3) is 3.54. The van der Waals surface area contributed by atoms with E-state index in [1.54, 1.807) is 24.3 Å². The van der Waals surface area contributed by atoms with Crippen molar-refractivity contribution in [3.63, 3.8) is 0 Å².